The molecule has 0 saturated carbocycles. The number of thiophene rings is 1. The molecule has 0 N–H and O–H groups in total. The van der Waals surface area contributed by atoms with Crippen LogP contribution in [0.25, 0.3) is 0 Å². The Morgan fingerprint density at radius 1 is 1.45 bits per heavy atom. The molecule has 118 valence electrons. The van der Waals surface area contributed by atoms with E-state index in [2.05, 4.69) is 5.10 Å². The summed E-state index contributed by atoms with van der Waals surface area (Å²) in [7, 11) is 0. The van der Waals surface area contributed by atoms with Crippen molar-refractivity contribution in [2.45, 2.75) is 32.1 Å². The maximum absolute atomic E-state index is 12.5. The van der Waals surface area contributed by atoms with E-state index in [9.17, 15) is 18.0 Å². The van der Waals surface area contributed by atoms with E-state index in [-0.39, 0.29) is 18.5 Å². The van der Waals surface area contributed by atoms with Gasteiger partial charge in [0.05, 0.1) is 6.04 Å². The normalized spacial score (nSPS) is 18.4. The first-order valence-electron chi connectivity index (χ1n) is 6.82. The lowest BCUT2D eigenvalue weighted by Gasteiger charge is -2.33. The second-order valence-corrected chi connectivity index (χ2v) is 6.21. The van der Waals surface area contributed by atoms with Gasteiger partial charge in [0, 0.05) is 17.6 Å². The Morgan fingerprint density at radius 2 is 2.23 bits per heavy atom. The van der Waals surface area contributed by atoms with Crippen LogP contribution in [0, 0.1) is 0 Å². The summed E-state index contributed by atoms with van der Waals surface area (Å²) in [6.07, 6.45) is -2.51. The summed E-state index contributed by atoms with van der Waals surface area (Å²) in [5.74, 6) is -0.221. The summed E-state index contributed by atoms with van der Waals surface area (Å²) in [5, 5.41) is 5.42. The summed E-state index contributed by atoms with van der Waals surface area (Å²) in [6.45, 7) is 2.34. The molecule has 0 aliphatic carbocycles. The minimum Gasteiger partial charge on any atom is -0.334 e. The predicted molar refractivity (Wildman–Crippen MR) is 75.4 cm³/mol. The van der Waals surface area contributed by atoms with Gasteiger partial charge in [0.25, 0.3) is 0 Å². The van der Waals surface area contributed by atoms with Gasteiger partial charge in [-0.05, 0) is 36.4 Å². The van der Waals surface area contributed by atoms with Crippen LogP contribution in [0.3, 0.4) is 0 Å². The number of rotatable bonds is 2. The van der Waals surface area contributed by atoms with Crippen molar-refractivity contribution >= 4 is 17.2 Å². The third-order valence-corrected chi connectivity index (χ3v) is 4.82. The minimum absolute atomic E-state index is 0.0554. The Balaban J connectivity index is 1.72. The van der Waals surface area contributed by atoms with Crippen LogP contribution >= 0.6 is 11.3 Å². The first kappa shape index (κ1) is 15.1. The average molecular weight is 329 g/mol. The number of carbonyl (C=O) groups excluding carboxylic acids is 1. The summed E-state index contributed by atoms with van der Waals surface area (Å²) in [5.41, 5.74) is 0.146. The topological polar surface area (TPSA) is 38.1 Å². The molecule has 3 heterocycles. The van der Waals surface area contributed by atoms with Crippen LogP contribution in [-0.2, 0) is 23.9 Å². The molecule has 0 fully saturated rings. The van der Waals surface area contributed by atoms with Gasteiger partial charge in [-0.2, -0.15) is 18.3 Å². The van der Waals surface area contributed by atoms with E-state index >= 15 is 0 Å². The van der Waals surface area contributed by atoms with E-state index in [1.165, 1.54) is 11.1 Å². The number of hydrogen-bond donors (Lipinski definition) is 0. The van der Waals surface area contributed by atoms with Crippen molar-refractivity contribution in [2.24, 2.45) is 0 Å². The molecule has 4 nitrogen and oxygen atoms in total. The van der Waals surface area contributed by atoms with Crippen molar-refractivity contribution in [3.8, 4) is 0 Å². The summed E-state index contributed by atoms with van der Waals surface area (Å²) in [4.78, 5) is 15.3. The number of alkyl halides is 3. The molecule has 22 heavy (non-hydrogen) atoms. The van der Waals surface area contributed by atoms with Crippen LogP contribution in [0.1, 0.15) is 29.1 Å². The Bertz CT molecular complexity index is 692. The van der Waals surface area contributed by atoms with Crippen molar-refractivity contribution in [1.29, 1.82) is 0 Å². The zero-order valence-electron chi connectivity index (χ0n) is 11.8. The van der Waals surface area contributed by atoms with Gasteiger partial charge >= 0.3 is 6.18 Å². The van der Waals surface area contributed by atoms with Crippen molar-refractivity contribution in [1.82, 2.24) is 14.7 Å². The Hall–Kier alpha value is -1.83. The number of nitrogens with zero attached hydrogens (tertiary/aromatic N) is 3. The zero-order valence-corrected chi connectivity index (χ0v) is 12.6. The number of halogens is 3. The van der Waals surface area contributed by atoms with Crippen LogP contribution in [0.15, 0.2) is 23.7 Å². The SMILES string of the molecule is C[C@@H]1c2ccsc2CCN1C(=O)Cn1ccc(C(F)(F)F)n1. The fraction of sp³-hybridized carbons (Fsp3) is 0.429. The molecule has 0 saturated heterocycles. The zero-order chi connectivity index (χ0) is 15.9. The summed E-state index contributed by atoms with van der Waals surface area (Å²) >= 11 is 1.67. The first-order valence-corrected chi connectivity index (χ1v) is 7.70. The Kier molecular flexibility index (Phi) is 3.72. The highest BCUT2D eigenvalue weighted by Gasteiger charge is 2.34. The lowest BCUT2D eigenvalue weighted by atomic mass is 10.0. The maximum Gasteiger partial charge on any atom is 0.435 e. The van der Waals surface area contributed by atoms with Crippen molar-refractivity contribution in [2.75, 3.05) is 6.54 Å². The fourth-order valence-electron chi connectivity index (χ4n) is 2.68. The Morgan fingerprint density at radius 3 is 2.91 bits per heavy atom. The molecule has 2 aromatic rings. The second kappa shape index (κ2) is 5.42. The van der Waals surface area contributed by atoms with E-state index in [0.717, 1.165) is 22.7 Å². The quantitative estimate of drug-likeness (QED) is 0.849. The van der Waals surface area contributed by atoms with Crippen LogP contribution in [0.4, 0.5) is 13.2 Å². The molecule has 3 rings (SSSR count). The molecule has 8 heteroatoms. The number of amides is 1. The molecule has 2 aromatic heterocycles. The summed E-state index contributed by atoms with van der Waals surface area (Å²) in [6, 6.07) is 2.82. The largest absolute Gasteiger partial charge is 0.435 e. The molecule has 1 amide bonds. The highest BCUT2D eigenvalue weighted by atomic mass is 32.1. The third kappa shape index (κ3) is 2.75. The van der Waals surface area contributed by atoms with E-state index < -0.39 is 11.9 Å². The fourth-order valence-corrected chi connectivity index (χ4v) is 3.64. The van der Waals surface area contributed by atoms with Crippen LogP contribution in [0.2, 0.25) is 0 Å². The molecule has 0 unspecified atom stereocenters. The van der Waals surface area contributed by atoms with E-state index in [1.807, 2.05) is 18.4 Å². The van der Waals surface area contributed by atoms with Crippen molar-refractivity contribution < 1.29 is 18.0 Å². The van der Waals surface area contributed by atoms with Gasteiger partial charge in [-0.25, -0.2) is 0 Å². The van der Waals surface area contributed by atoms with Crippen molar-refractivity contribution in [3.05, 3.63) is 39.8 Å². The van der Waals surface area contributed by atoms with Crippen LogP contribution in [-0.4, -0.2) is 27.1 Å². The standard InChI is InChI=1S/C14H14F3N3OS/c1-9-10-4-7-22-11(10)2-6-20(9)13(21)8-19-5-3-12(18-19)14(15,16)17/h3-5,7,9H,2,6,8H2,1H3/t9-/m1/s1. The van der Waals surface area contributed by atoms with Gasteiger partial charge in [-0.3, -0.25) is 9.48 Å². The molecule has 1 atom stereocenters. The van der Waals surface area contributed by atoms with Gasteiger partial charge in [0.15, 0.2) is 5.69 Å². The lowest BCUT2D eigenvalue weighted by Crippen LogP contribution is -2.40. The van der Waals surface area contributed by atoms with E-state index in [4.69, 9.17) is 0 Å². The average Bonchev–Trinajstić information content (AvgIpc) is 3.06. The Labute approximate surface area is 129 Å². The van der Waals surface area contributed by atoms with Crippen molar-refractivity contribution in [3.63, 3.8) is 0 Å². The molecule has 0 aromatic carbocycles. The number of hydrogen-bond acceptors (Lipinski definition) is 3. The van der Waals surface area contributed by atoms with Gasteiger partial charge in [0.1, 0.15) is 6.54 Å². The number of carbonyl (C=O) groups is 1. The van der Waals surface area contributed by atoms with Gasteiger partial charge in [0.2, 0.25) is 5.91 Å². The third-order valence-electron chi connectivity index (χ3n) is 3.83. The van der Waals surface area contributed by atoms with Gasteiger partial charge in [-0.15, -0.1) is 11.3 Å². The maximum atomic E-state index is 12.5. The van der Waals surface area contributed by atoms with Crippen LogP contribution < -0.4 is 0 Å². The molecular formula is C14H14F3N3OS. The number of fused-ring (bicyclic) bond motifs is 1. The first-order chi connectivity index (χ1) is 10.4. The van der Waals surface area contributed by atoms with Crippen LogP contribution in [0.5, 0.6) is 0 Å². The van der Waals surface area contributed by atoms with Gasteiger partial charge in [-0.1, -0.05) is 0 Å². The smallest absolute Gasteiger partial charge is 0.334 e. The molecule has 1 aliphatic heterocycles. The highest BCUT2D eigenvalue weighted by molar-refractivity contribution is 7.10. The molecular weight excluding hydrogens is 315 g/mol. The lowest BCUT2D eigenvalue weighted by molar-refractivity contribution is -0.142. The molecule has 0 spiro atoms. The van der Waals surface area contributed by atoms with Gasteiger partial charge < -0.3 is 4.90 Å². The second-order valence-electron chi connectivity index (χ2n) is 5.21. The predicted octanol–water partition coefficient (Wildman–Crippen LogP) is 3.11. The van der Waals surface area contributed by atoms with E-state index in [1.54, 1.807) is 16.2 Å². The molecule has 0 bridgehead atoms. The minimum atomic E-state index is -4.49. The number of aromatic nitrogens is 2. The highest BCUT2D eigenvalue weighted by Crippen LogP contribution is 2.33. The molecule has 1 aliphatic rings. The monoisotopic (exact) mass is 329 g/mol. The summed E-state index contributed by atoms with van der Waals surface area (Å²) < 4.78 is 38.6. The van der Waals surface area contributed by atoms with E-state index in [0.29, 0.717) is 6.54 Å². The molecule has 0 radical (unpaired) electrons.